The van der Waals surface area contributed by atoms with Crippen LogP contribution in [0.15, 0.2) is 18.2 Å². The van der Waals surface area contributed by atoms with Crippen LogP contribution in [0.1, 0.15) is 47.4 Å². The SMILES string of the molecule is CC(C)OC1(C2CCN(C)CC2)C(=O)c2ccc([N+](=O)[O-])cc2C1=O. The van der Waals surface area contributed by atoms with E-state index >= 15 is 0 Å². The third-order valence-corrected chi connectivity index (χ3v) is 5.09. The summed E-state index contributed by atoms with van der Waals surface area (Å²) in [6.07, 6.45) is 1.05. The number of fused-ring (bicyclic) bond motifs is 1. The molecule has 1 aromatic rings. The molecule has 0 bridgehead atoms. The number of nitrogens with zero attached hydrogens (tertiary/aromatic N) is 2. The maximum atomic E-state index is 13.2. The Bertz CT molecular complexity index is 737. The van der Waals surface area contributed by atoms with Gasteiger partial charge in [-0.2, -0.15) is 0 Å². The van der Waals surface area contributed by atoms with Gasteiger partial charge in [0.15, 0.2) is 5.60 Å². The lowest BCUT2D eigenvalue weighted by Crippen LogP contribution is -2.55. The monoisotopic (exact) mass is 346 g/mol. The Kier molecular flexibility index (Phi) is 4.47. The number of nitro groups is 1. The zero-order valence-electron chi connectivity index (χ0n) is 14.7. The largest absolute Gasteiger partial charge is 0.356 e. The number of piperidine rings is 1. The summed E-state index contributed by atoms with van der Waals surface area (Å²) in [5, 5.41) is 11.0. The van der Waals surface area contributed by atoms with Crippen LogP contribution in [0.5, 0.6) is 0 Å². The van der Waals surface area contributed by atoms with Gasteiger partial charge in [0.05, 0.1) is 11.0 Å². The maximum absolute atomic E-state index is 13.2. The van der Waals surface area contributed by atoms with Gasteiger partial charge in [-0.15, -0.1) is 0 Å². The van der Waals surface area contributed by atoms with Crippen molar-refractivity contribution in [1.82, 2.24) is 4.90 Å². The normalized spacial score (nSPS) is 24.8. The Morgan fingerprint density at radius 3 is 2.36 bits per heavy atom. The topological polar surface area (TPSA) is 89.8 Å². The Hall–Kier alpha value is -2.12. The highest BCUT2D eigenvalue weighted by Gasteiger charge is 2.59. The van der Waals surface area contributed by atoms with Crippen LogP contribution in [0.25, 0.3) is 0 Å². The number of non-ortho nitro benzene ring substituents is 1. The smallest absolute Gasteiger partial charge is 0.270 e. The molecule has 1 heterocycles. The summed E-state index contributed by atoms with van der Waals surface area (Å²) in [5.41, 5.74) is -1.40. The summed E-state index contributed by atoms with van der Waals surface area (Å²) in [6.45, 7) is 5.15. The fourth-order valence-corrected chi connectivity index (χ4v) is 3.90. The predicted molar refractivity (Wildman–Crippen MR) is 90.9 cm³/mol. The van der Waals surface area contributed by atoms with Gasteiger partial charge in [0.1, 0.15) is 0 Å². The zero-order valence-corrected chi connectivity index (χ0v) is 14.7. The highest BCUT2D eigenvalue weighted by molar-refractivity contribution is 6.32. The van der Waals surface area contributed by atoms with Gasteiger partial charge in [-0.25, -0.2) is 0 Å². The fourth-order valence-electron chi connectivity index (χ4n) is 3.90. The molecule has 1 aliphatic heterocycles. The molecule has 1 saturated heterocycles. The van der Waals surface area contributed by atoms with Gasteiger partial charge < -0.3 is 9.64 Å². The van der Waals surface area contributed by atoms with Crippen molar-refractivity contribution in [3.63, 3.8) is 0 Å². The van der Waals surface area contributed by atoms with Crippen molar-refractivity contribution in [2.75, 3.05) is 20.1 Å². The van der Waals surface area contributed by atoms with E-state index < -0.39 is 16.3 Å². The van der Waals surface area contributed by atoms with Gasteiger partial charge >= 0.3 is 0 Å². The number of benzene rings is 1. The summed E-state index contributed by atoms with van der Waals surface area (Å²) in [6, 6.07) is 3.86. The molecular formula is C18H22N2O5. The van der Waals surface area contributed by atoms with E-state index in [0.717, 1.165) is 13.1 Å². The molecule has 3 rings (SSSR count). The second kappa shape index (κ2) is 6.31. The molecule has 0 spiro atoms. The predicted octanol–water partition coefficient (Wildman–Crippen LogP) is 2.48. The molecule has 134 valence electrons. The van der Waals surface area contributed by atoms with E-state index in [-0.39, 0.29) is 34.6 Å². The zero-order chi connectivity index (χ0) is 18.4. The first-order valence-electron chi connectivity index (χ1n) is 8.51. The minimum absolute atomic E-state index is 0.110. The Morgan fingerprint density at radius 2 is 1.80 bits per heavy atom. The number of hydrogen-bond acceptors (Lipinski definition) is 6. The first-order valence-corrected chi connectivity index (χ1v) is 8.51. The van der Waals surface area contributed by atoms with Gasteiger partial charge in [-0.1, -0.05) is 0 Å². The second-order valence-corrected chi connectivity index (χ2v) is 7.13. The van der Waals surface area contributed by atoms with Gasteiger partial charge in [0, 0.05) is 29.2 Å². The number of Topliss-reactive ketones (excluding diaryl/α,β-unsaturated/α-hetero) is 2. The minimum Gasteiger partial charge on any atom is -0.356 e. The number of likely N-dealkylation sites (tertiary alicyclic amines) is 1. The molecule has 25 heavy (non-hydrogen) atoms. The molecule has 1 aromatic carbocycles. The lowest BCUT2D eigenvalue weighted by atomic mass is 9.77. The Morgan fingerprint density at radius 1 is 1.20 bits per heavy atom. The van der Waals surface area contributed by atoms with Crippen LogP contribution in [0, 0.1) is 16.0 Å². The Balaban J connectivity index is 2.08. The van der Waals surface area contributed by atoms with E-state index in [0.29, 0.717) is 12.8 Å². The van der Waals surface area contributed by atoms with Gasteiger partial charge in [-0.05, 0) is 52.9 Å². The third-order valence-electron chi connectivity index (χ3n) is 5.09. The molecule has 7 heteroatoms. The number of carbonyl (C=O) groups excluding carboxylic acids is 2. The van der Waals surface area contributed by atoms with Gasteiger partial charge in [0.2, 0.25) is 11.6 Å². The first-order chi connectivity index (χ1) is 11.8. The van der Waals surface area contributed by atoms with Crippen molar-refractivity contribution in [1.29, 1.82) is 0 Å². The molecule has 1 unspecified atom stereocenters. The first kappa shape index (κ1) is 17.7. The minimum atomic E-state index is -1.55. The van der Waals surface area contributed by atoms with Crippen molar-refractivity contribution in [3.05, 3.63) is 39.4 Å². The van der Waals surface area contributed by atoms with Crippen molar-refractivity contribution >= 4 is 17.3 Å². The second-order valence-electron chi connectivity index (χ2n) is 7.13. The van der Waals surface area contributed by atoms with E-state index in [2.05, 4.69) is 4.90 Å². The summed E-state index contributed by atoms with van der Waals surface area (Å²) >= 11 is 0. The van der Waals surface area contributed by atoms with Gasteiger partial charge in [0.25, 0.3) is 5.69 Å². The van der Waals surface area contributed by atoms with E-state index in [1.807, 2.05) is 7.05 Å². The number of ketones is 2. The summed E-state index contributed by atoms with van der Waals surface area (Å²) < 4.78 is 5.99. The Labute approximate surface area is 146 Å². The summed E-state index contributed by atoms with van der Waals surface area (Å²) in [7, 11) is 2.00. The van der Waals surface area contributed by atoms with Crippen LogP contribution in [-0.2, 0) is 4.74 Å². The van der Waals surface area contributed by atoms with Crippen molar-refractivity contribution in [2.24, 2.45) is 5.92 Å². The van der Waals surface area contributed by atoms with E-state index in [4.69, 9.17) is 4.74 Å². The van der Waals surface area contributed by atoms with E-state index in [1.165, 1.54) is 18.2 Å². The van der Waals surface area contributed by atoms with Gasteiger partial charge in [-0.3, -0.25) is 19.7 Å². The average Bonchev–Trinajstić information content (AvgIpc) is 2.77. The fraction of sp³-hybridized carbons (Fsp3) is 0.556. The number of ether oxygens (including phenoxy) is 1. The molecular weight excluding hydrogens is 324 g/mol. The third kappa shape index (κ3) is 2.77. The van der Waals surface area contributed by atoms with Crippen LogP contribution < -0.4 is 0 Å². The van der Waals surface area contributed by atoms with Crippen molar-refractivity contribution in [2.45, 2.75) is 38.4 Å². The standard InChI is InChI=1S/C18H22N2O5/c1-11(2)25-18(12-6-8-19(3)9-7-12)16(21)14-5-4-13(20(23)24)10-15(14)17(18)22/h4-5,10-12H,6-9H2,1-3H3. The summed E-state index contributed by atoms with van der Waals surface area (Å²) in [4.78, 5) is 39.1. The van der Waals surface area contributed by atoms with Crippen LogP contribution in [0.4, 0.5) is 5.69 Å². The average molecular weight is 346 g/mol. The number of hydrogen-bond donors (Lipinski definition) is 0. The number of carbonyl (C=O) groups is 2. The van der Waals surface area contributed by atoms with E-state index in [9.17, 15) is 19.7 Å². The number of rotatable bonds is 4. The molecule has 2 aliphatic rings. The van der Waals surface area contributed by atoms with Crippen molar-refractivity contribution < 1.29 is 19.2 Å². The molecule has 0 aromatic heterocycles. The van der Waals surface area contributed by atoms with Crippen LogP contribution in [0.3, 0.4) is 0 Å². The molecule has 0 amide bonds. The van der Waals surface area contributed by atoms with Crippen LogP contribution in [0.2, 0.25) is 0 Å². The molecule has 1 fully saturated rings. The number of nitro benzene ring substituents is 1. The molecule has 7 nitrogen and oxygen atoms in total. The lowest BCUT2D eigenvalue weighted by Gasteiger charge is -2.40. The van der Waals surface area contributed by atoms with Crippen LogP contribution in [-0.4, -0.2) is 53.2 Å². The molecule has 1 atom stereocenters. The quantitative estimate of drug-likeness (QED) is 0.473. The summed E-state index contributed by atoms with van der Waals surface area (Å²) in [5.74, 6) is -1.01. The molecule has 1 aliphatic carbocycles. The highest BCUT2D eigenvalue weighted by atomic mass is 16.6. The molecule has 0 N–H and O–H groups in total. The van der Waals surface area contributed by atoms with E-state index in [1.54, 1.807) is 13.8 Å². The van der Waals surface area contributed by atoms with Crippen molar-refractivity contribution in [3.8, 4) is 0 Å². The molecule has 0 saturated carbocycles. The van der Waals surface area contributed by atoms with Crippen LogP contribution >= 0.6 is 0 Å². The maximum Gasteiger partial charge on any atom is 0.270 e. The highest BCUT2D eigenvalue weighted by Crippen LogP contribution is 2.43. The lowest BCUT2D eigenvalue weighted by molar-refractivity contribution is -0.384. The molecule has 0 radical (unpaired) electrons.